The average Bonchev–Trinajstić information content (AvgIpc) is 2.92. The lowest BCUT2D eigenvalue weighted by molar-refractivity contribution is 0.199. The van der Waals surface area contributed by atoms with Gasteiger partial charge in [0.25, 0.3) is 0 Å². The highest BCUT2D eigenvalue weighted by Gasteiger charge is 2.17. The molecular formula is C17H26BrNO2. The summed E-state index contributed by atoms with van der Waals surface area (Å²) in [4.78, 5) is 0. The molecule has 21 heavy (non-hydrogen) atoms. The maximum Gasteiger partial charge on any atom is 0.125 e. The lowest BCUT2D eigenvalue weighted by atomic mass is 9.96. The first kappa shape index (κ1) is 16.8. The van der Waals surface area contributed by atoms with Crippen molar-refractivity contribution in [2.24, 2.45) is 5.92 Å². The Balaban J connectivity index is 1.75. The molecule has 0 aromatic heterocycles. The summed E-state index contributed by atoms with van der Waals surface area (Å²) in [5.41, 5.74) is 2.71. The third kappa shape index (κ3) is 5.28. The van der Waals surface area contributed by atoms with Crippen LogP contribution < -0.4 is 10.1 Å². The van der Waals surface area contributed by atoms with Crippen LogP contribution in [0.25, 0.3) is 0 Å². The van der Waals surface area contributed by atoms with Crippen LogP contribution in [-0.4, -0.2) is 33.4 Å². The Labute approximate surface area is 136 Å². The van der Waals surface area contributed by atoms with E-state index in [-0.39, 0.29) is 0 Å². The summed E-state index contributed by atoms with van der Waals surface area (Å²) in [5, 5.41) is 3.41. The number of hydrogen-bond acceptors (Lipinski definition) is 3. The number of halogens is 1. The fourth-order valence-corrected chi connectivity index (χ4v) is 3.28. The molecular weight excluding hydrogens is 330 g/mol. The van der Waals surface area contributed by atoms with Gasteiger partial charge in [-0.3, -0.25) is 0 Å². The van der Waals surface area contributed by atoms with Crippen molar-refractivity contribution in [3.05, 3.63) is 27.7 Å². The molecule has 1 N–H and O–H groups in total. The average molecular weight is 356 g/mol. The first-order valence-electron chi connectivity index (χ1n) is 7.84. The van der Waals surface area contributed by atoms with E-state index in [1.54, 1.807) is 7.11 Å². The minimum atomic E-state index is 0.719. The number of benzene rings is 1. The second-order valence-electron chi connectivity index (χ2n) is 5.83. The summed E-state index contributed by atoms with van der Waals surface area (Å²) >= 11 is 3.61. The van der Waals surface area contributed by atoms with Gasteiger partial charge in [-0.25, -0.2) is 0 Å². The third-order valence-electron chi connectivity index (χ3n) is 4.03. The molecule has 1 atom stereocenters. The van der Waals surface area contributed by atoms with Crippen molar-refractivity contribution in [2.75, 3.05) is 33.4 Å². The zero-order chi connectivity index (χ0) is 15.1. The van der Waals surface area contributed by atoms with Crippen molar-refractivity contribution in [1.82, 2.24) is 5.32 Å². The van der Waals surface area contributed by atoms with Gasteiger partial charge in [-0.1, -0.05) is 22.9 Å². The van der Waals surface area contributed by atoms with Gasteiger partial charge in [0.2, 0.25) is 0 Å². The van der Waals surface area contributed by atoms with Gasteiger partial charge < -0.3 is 14.8 Å². The highest BCUT2D eigenvalue weighted by molar-refractivity contribution is 9.10. The molecule has 1 aliphatic heterocycles. The minimum absolute atomic E-state index is 0.719. The summed E-state index contributed by atoms with van der Waals surface area (Å²) in [7, 11) is 1.74. The van der Waals surface area contributed by atoms with E-state index in [9.17, 15) is 0 Å². The Morgan fingerprint density at radius 2 is 2.19 bits per heavy atom. The van der Waals surface area contributed by atoms with Crippen LogP contribution in [0.4, 0.5) is 0 Å². The number of hydrogen-bond donors (Lipinski definition) is 1. The number of methoxy groups -OCH3 is 1. The van der Waals surface area contributed by atoms with Crippen LogP contribution in [0.2, 0.25) is 0 Å². The molecule has 0 bridgehead atoms. The number of nitrogens with one attached hydrogen (secondary N) is 1. The van der Waals surface area contributed by atoms with E-state index >= 15 is 0 Å². The van der Waals surface area contributed by atoms with Crippen molar-refractivity contribution in [3.8, 4) is 5.75 Å². The topological polar surface area (TPSA) is 30.5 Å². The first-order chi connectivity index (χ1) is 10.2. The molecule has 1 unspecified atom stereocenters. The van der Waals surface area contributed by atoms with Crippen LogP contribution in [0, 0.1) is 5.92 Å². The second kappa shape index (κ2) is 8.76. The molecule has 0 saturated carbocycles. The maximum absolute atomic E-state index is 5.80. The Morgan fingerprint density at radius 1 is 1.33 bits per heavy atom. The van der Waals surface area contributed by atoms with Crippen LogP contribution in [-0.2, 0) is 17.6 Å². The van der Waals surface area contributed by atoms with Crippen molar-refractivity contribution < 1.29 is 9.47 Å². The van der Waals surface area contributed by atoms with Crippen LogP contribution in [0.5, 0.6) is 5.75 Å². The molecule has 0 radical (unpaired) electrons. The number of aryl methyl sites for hydroxylation is 1. The molecule has 0 saturated heterocycles. The Hall–Kier alpha value is -0.580. The van der Waals surface area contributed by atoms with Crippen LogP contribution in [0.3, 0.4) is 0 Å². The van der Waals surface area contributed by atoms with Gasteiger partial charge in [0, 0.05) is 24.5 Å². The van der Waals surface area contributed by atoms with Gasteiger partial charge in [-0.2, -0.15) is 0 Å². The van der Waals surface area contributed by atoms with E-state index in [0.717, 1.165) is 50.8 Å². The molecule has 4 heteroatoms. The highest BCUT2D eigenvalue weighted by Crippen LogP contribution is 2.34. The molecule has 0 fully saturated rings. The van der Waals surface area contributed by atoms with E-state index in [2.05, 4.69) is 40.3 Å². The first-order valence-corrected chi connectivity index (χ1v) is 8.63. The van der Waals surface area contributed by atoms with Gasteiger partial charge >= 0.3 is 0 Å². The van der Waals surface area contributed by atoms with E-state index < -0.39 is 0 Å². The summed E-state index contributed by atoms with van der Waals surface area (Å²) in [6.07, 6.45) is 4.56. The molecule has 1 aliphatic rings. The zero-order valence-corrected chi connectivity index (χ0v) is 14.7. The third-order valence-corrected chi connectivity index (χ3v) is 4.49. The molecule has 3 nitrogen and oxygen atoms in total. The van der Waals surface area contributed by atoms with Crippen molar-refractivity contribution >= 4 is 15.9 Å². The lowest BCUT2D eigenvalue weighted by Gasteiger charge is -2.14. The molecule has 2 rings (SSSR count). The van der Waals surface area contributed by atoms with Gasteiger partial charge in [-0.15, -0.1) is 0 Å². The molecule has 1 aromatic carbocycles. The standard InChI is InChI=1S/C17H26BrNO2/c1-13(5-7-19-8-10-20-2)3-4-14-11-16(18)12-15-6-9-21-17(14)15/h11-13,19H,3-10H2,1-2H3. The minimum Gasteiger partial charge on any atom is -0.493 e. The maximum atomic E-state index is 5.80. The number of rotatable bonds is 9. The van der Waals surface area contributed by atoms with E-state index in [4.69, 9.17) is 9.47 Å². The van der Waals surface area contributed by atoms with Crippen LogP contribution in [0.15, 0.2) is 16.6 Å². The zero-order valence-electron chi connectivity index (χ0n) is 13.1. The molecule has 1 aromatic rings. The Morgan fingerprint density at radius 3 is 3.00 bits per heavy atom. The number of fused-ring (bicyclic) bond motifs is 1. The fourth-order valence-electron chi connectivity index (χ4n) is 2.73. The van der Waals surface area contributed by atoms with Gasteiger partial charge in [0.1, 0.15) is 5.75 Å². The summed E-state index contributed by atoms with van der Waals surface area (Å²) in [5.74, 6) is 1.86. The molecule has 0 amide bonds. The smallest absolute Gasteiger partial charge is 0.125 e. The van der Waals surface area contributed by atoms with Gasteiger partial charge in [0.05, 0.1) is 13.2 Å². The second-order valence-corrected chi connectivity index (χ2v) is 6.74. The largest absolute Gasteiger partial charge is 0.493 e. The quantitative estimate of drug-likeness (QED) is 0.686. The van der Waals surface area contributed by atoms with Crippen LogP contribution >= 0.6 is 15.9 Å². The lowest BCUT2D eigenvalue weighted by Crippen LogP contribution is -2.21. The predicted octanol–water partition coefficient (Wildman–Crippen LogP) is 3.58. The Bertz CT molecular complexity index is 451. The van der Waals surface area contributed by atoms with E-state index in [0.29, 0.717) is 0 Å². The van der Waals surface area contributed by atoms with Crippen molar-refractivity contribution in [2.45, 2.75) is 32.6 Å². The molecule has 1 heterocycles. The van der Waals surface area contributed by atoms with Gasteiger partial charge in [0.15, 0.2) is 0 Å². The fraction of sp³-hybridized carbons (Fsp3) is 0.647. The van der Waals surface area contributed by atoms with Crippen LogP contribution in [0.1, 0.15) is 30.9 Å². The SMILES string of the molecule is COCCNCCC(C)CCc1cc(Br)cc2c1OCC2. The van der Waals surface area contributed by atoms with E-state index in [1.807, 2.05) is 0 Å². The summed E-state index contributed by atoms with van der Waals surface area (Å²) < 4.78 is 12.0. The van der Waals surface area contributed by atoms with Gasteiger partial charge in [-0.05, 0) is 55.0 Å². The molecule has 118 valence electrons. The van der Waals surface area contributed by atoms with E-state index in [1.165, 1.54) is 28.4 Å². The Kier molecular flexibility index (Phi) is 7.00. The molecule has 0 aliphatic carbocycles. The summed E-state index contributed by atoms with van der Waals surface area (Å²) in [6.45, 7) is 5.96. The van der Waals surface area contributed by atoms with Crippen molar-refractivity contribution in [3.63, 3.8) is 0 Å². The highest BCUT2D eigenvalue weighted by atomic mass is 79.9. The predicted molar refractivity (Wildman–Crippen MR) is 90.2 cm³/mol. The number of ether oxygens (including phenoxy) is 2. The monoisotopic (exact) mass is 355 g/mol. The summed E-state index contributed by atoms with van der Waals surface area (Å²) in [6, 6.07) is 4.41. The normalized spacial score (nSPS) is 14.8. The van der Waals surface area contributed by atoms with Crippen molar-refractivity contribution in [1.29, 1.82) is 0 Å². The molecule has 0 spiro atoms.